The smallest absolute Gasteiger partial charge is 0.186 e. The van der Waals surface area contributed by atoms with Gasteiger partial charge >= 0.3 is 0 Å². The van der Waals surface area contributed by atoms with Crippen LogP contribution >= 0.6 is 22.7 Å². The second-order valence-electron chi connectivity index (χ2n) is 7.21. The number of benzene rings is 2. The molecule has 1 saturated heterocycles. The number of aryl methyl sites for hydroxylation is 2. The summed E-state index contributed by atoms with van der Waals surface area (Å²) in [6.45, 7) is 6.47. The summed E-state index contributed by atoms with van der Waals surface area (Å²) in [5.41, 5.74) is 4.93. The molecule has 0 N–H and O–H groups in total. The van der Waals surface area contributed by atoms with Crippen LogP contribution in [0.5, 0.6) is 0 Å². The van der Waals surface area contributed by atoms with Crippen molar-refractivity contribution in [2.75, 3.05) is 18.0 Å². The topological polar surface area (TPSA) is 29.0 Å². The number of piperidine rings is 1. The van der Waals surface area contributed by atoms with Crippen LogP contribution in [0.15, 0.2) is 36.4 Å². The summed E-state index contributed by atoms with van der Waals surface area (Å²) in [5, 5.41) is 2.48. The number of fused-ring (bicyclic) bond motifs is 2. The first-order valence-electron chi connectivity index (χ1n) is 9.15. The van der Waals surface area contributed by atoms with Crippen LogP contribution < -0.4 is 4.90 Å². The lowest BCUT2D eigenvalue weighted by molar-refractivity contribution is 0.504. The Morgan fingerprint density at radius 2 is 1.77 bits per heavy atom. The van der Waals surface area contributed by atoms with E-state index in [9.17, 15) is 0 Å². The number of hydrogen-bond acceptors (Lipinski definition) is 5. The van der Waals surface area contributed by atoms with Crippen molar-refractivity contribution < 1.29 is 0 Å². The van der Waals surface area contributed by atoms with E-state index in [0.717, 1.165) is 37.0 Å². The highest BCUT2D eigenvalue weighted by Gasteiger charge is 2.25. The Morgan fingerprint density at radius 1 is 0.962 bits per heavy atom. The molecule has 2 aromatic heterocycles. The predicted octanol–water partition coefficient (Wildman–Crippen LogP) is 5.91. The fraction of sp³-hybridized carbons (Fsp3) is 0.333. The van der Waals surface area contributed by atoms with Gasteiger partial charge in [-0.1, -0.05) is 29.5 Å². The van der Waals surface area contributed by atoms with E-state index in [0.29, 0.717) is 5.92 Å². The van der Waals surface area contributed by atoms with Gasteiger partial charge in [0, 0.05) is 19.0 Å². The van der Waals surface area contributed by atoms with Crippen LogP contribution in [-0.2, 0) is 0 Å². The fourth-order valence-electron chi connectivity index (χ4n) is 3.88. The first kappa shape index (κ1) is 16.2. The zero-order chi connectivity index (χ0) is 17.7. The van der Waals surface area contributed by atoms with E-state index in [4.69, 9.17) is 9.97 Å². The van der Waals surface area contributed by atoms with E-state index in [1.54, 1.807) is 0 Å². The Labute approximate surface area is 161 Å². The summed E-state index contributed by atoms with van der Waals surface area (Å²) >= 11 is 3.71. The standard InChI is InChI=1S/C21H21N3S2/c1-13-11-14(2)19-17(12-13)23-21(26-19)24-9-7-15(8-10-24)20-22-16-5-3-4-6-18(16)25-20/h3-6,11-12,15H,7-10H2,1-2H3. The Hall–Kier alpha value is -1.98. The summed E-state index contributed by atoms with van der Waals surface area (Å²) in [6, 6.07) is 12.9. The molecule has 1 fully saturated rings. The van der Waals surface area contributed by atoms with Crippen molar-refractivity contribution in [1.82, 2.24) is 9.97 Å². The molecule has 4 aromatic rings. The Kier molecular flexibility index (Phi) is 3.94. The van der Waals surface area contributed by atoms with Crippen LogP contribution in [-0.4, -0.2) is 23.1 Å². The third-order valence-electron chi connectivity index (χ3n) is 5.23. The SMILES string of the molecule is Cc1cc(C)c2sc(N3CCC(c4nc5ccccc5s4)CC3)nc2c1. The van der Waals surface area contributed by atoms with Crippen molar-refractivity contribution in [1.29, 1.82) is 0 Å². The number of anilines is 1. The minimum atomic E-state index is 0.585. The molecule has 1 aliphatic heterocycles. The average Bonchev–Trinajstić information content (AvgIpc) is 3.26. The molecular formula is C21H21N3S2. The molecule has 0 saturated carbocycles. The van der Waals surface area contributed by atoms with Gasteiger partial charge in [0.25, 0.3) is 0 Å². The second-order valence-corrected chi connectivity index (χ2v) is 9.25. The third kappa shape index (κ3) is 2.79. The Morgan fingerprint density at radius 3 is 2.58 bits per heavy atom. The highest BCUT2D eigenvalue weighted by atomic mass is 32.1. The molecule has 3 nitrogen and oxygen atoms in total. The van der Waals surface area contributed by atoms with E-state index < -0.39 is 0 Å². The molecule has 0 radical (unpaired) electrons. The van der Waals surface area contributed by atoms with Gasteiger partial charge < -0.3 is 4.90 Å². The van der Waals surface area contributed by atoms with Crippen LogP contribution in [0, 0.1) is 13.8 Å². The molecule has 2 aromatic carbocycles. The number of hydrogen-bond donors (Lipinski definition) is 0. The monoisotopic (exact) mass is 379 g/mol. The summed E-state index contributed by atoms with van der Waals surface area (Å²) < 4.78 is 2.64. The lowest BCUT2D eigenvalue weighted by atomic mass is 9.98. The molecule has 5 rings (SSSR count). The zero-order valence-electron chi connectivity index (χ0n) is 15.0. The maximum Gasteiger partial charge on any atom is 0.186 e. The molecule has 0 amide bonds. The third-order valence-corrected chi connectivity index (χ3v) is 7.70. The molecule has 1 aliphatic rings. The van der Waals surface area contributed by atoms with E-state index >= 15 is 0 Å². The molecule has 0 aliphatic carbocycles. The number of thiazole rings is 2. The van der Waals surface area contributed by atoms with Gasteiger partial charge in [0.05, 0.1) is 25.4 Å². The minimum Gasteiger partial charge on any atom is -0.348 e. The maximum absolute atomic E-state index is 4.92. The van der Waals surface area contributed by atoms with Crippen molar-refractivity contribution in [3.8, 4) is 0 Å². The number of aromatic nitrogens is 2. The summed E-state index contributed by atoms with van der Waals surface area (Å²) in [6.07, 6.45) is 2.32. The predicted molar refractivity (Wildman–Crippen MR) is 113 cm³/mol. The van der Waals surface area contributed by atoms with E-state index in [-0.39, 0.29) is 0 Å². The van der Waals surface area contributed by atoms with Crippen molar-refractivity contribution in [3.05, 3.63) is 52.5 Å². The molecule has 0 unspecified atom stereocenters. The Balaban J connectivity index is 1.36. The summed E-state index contributed by atoms with van der Waals surface area (Å²) in [5.74, 6) is 0.585. The van der Waals surface area contributed by atoms with Crippen molar-refractivity contribution in [2.45, 2.75) is 32.6 Å². The summed E-state index contributed by atoms with van der Waals surface area (Å²) in [4.78, 5) is 12.3. The first-order chi connectivity index (χ1) is 12.7. The van der Waals surface area contributed by atoms with Crippen LogP contribution in [0.1, 0.15) is 34.9 Å². The molecule has 0 spiro atoms. The highest BCUT2D eigenvalue weighted by Crippen LogP contribution is 2.37. The van der Waals surface area contributed by atoms with Crippen molar-refractivity contribution in [2.24, 2.45) is 0 Å². The second kappa shape index (κ2) is 6.32. The molecule has 3 heterocycles. The molecule has 0 bridgehead atoms. The van der Waals surface area contributed by atoms with Crippen LogP contribution in [0.2, 0.25) is 0 Å². The van der Waals surface area contributed by atoms with Gasteiger partial charge in [-0.15, -0.1) is 11.3 Å². The Bertz CT molecular complexity index is 1050. The van der Waals surface area contributed by atoms with E-state index in [2.05, 4.69) is 55.1 Å². The molecule has 0 atom stereocenters. The van der Waals surface area contributed by atoms with Gasteiger partial charge in [0.2, 0.25) is 0 Å². The van der Waals surface area contributed by atoms with Gasteiger partial charge in [-0.05, 0) is 56.0 Å². The summed E-state index contributed by atoms with van der Waals surface area (Å²) in [7, 11) is 0. The molecule has 26 heavy (non-hydrogen) atoms. The molecule has 132 valence electrons. The minimum absolute atomic E-state index is 0.585. The lowest BCUT2D eigenvalue weighted by Crippen LogP contribution is -2.32. The average molecular weight is 380 g/mol. The van der Waals surface area contributed by atoms with Gasteiger partial charge in [-0.3, -0.25) is 0 Å². The molecular weight excluding hydrogens is 358 g/mol. The number of para-hydroxylation sites is 1. The van der Waals surface area contributed by atoms with E-state index in [1.807, 2.05) is 22.7 Å². The normalized spacial score (nSPS) is 16.0. The van der Waals surface area contributed by atoms with Gasteiger partial charge in [-0.25, -0.2) is 9.97 Å². The highest BCUT2D eigenvalue weighted by molar-refractivity contribution is 7.22. The maximum atomic E-state index is 4.92. The van der Waals surface area contributed by atoms with Gasteiger partial charge in [0.1, 0.15) is 0 Å². The zero-order valence-corrected chi connectivity index (χ0v) is 16.7. The van der Waals surface area contributed by atoms with Gasteiger partial charge in [-0.2, -0.15) is 0 Å². The van der Waals surface area contributed by atoms with E-state index in [1.165, 1.54) is 30.7 Å². The largest absolute Gasteiger partial charge is 0.348 e. The lowest BCUT2D eigenvalue weighted by Gasteiger charge is -2.30. The first-order valence-corrected chi connectivity index (χ1v) is 10.8. The van der Waals surface area contributed by atoms with Crippen molar-refractivity contribution in [3.63, 3.8) is 0 Å². The van der Waals surface area contributed by atoms with Crippen molar-refractivity contribution >= 4 is 48.2 Å². The van der Waals surface area contributed by atoms with Crippen LogP contribution in [0.3, 0.4) is 0 Å². The quantitative estimate of drug-likeness (QED) is 0.434. The van der Waals surface area contributed by atoms with Gasteiger partial charge in [0.15, 0.2) is 5.13 Å². The number of nitrogens with zero attached hydrogens (tertiary/aromatic N) is 3. The fourth-order valence-corrected chi connectivity index (χ4v) is 6.09. The van der Waals surface area contributed by atoms with Crippen LogP contribution in [0.4, 0.5) is 5.13 Å². The van der Waals surface area contributed by atoms with Crippen LogP contribution in [0.25, 0.3) is 20.4 Å². The molecule has 5 heteroatoms. The number of rotatable bonds is 2.